The number of aryl methyl sites for hydroxylation is 1. The third kappa shape index (κ3) is 5.01. The normalized spacial score (nSPS) is 11.4. The molecule has 0 aliphatic carbocycles. The van der Waals surface area contributed by atoms with Gasteiger partial charge in [0, 0.05) is 18.4 Å². The first-order chi connectivity index (χ1) is 13.0. The number of amides is 1. The Hall–Kier alpha value is -3.00. The summed E-state index contributed by atoms with van der Waals surface area (Å²) in [6, 6.07) is 13.2. The van der Waals surface area contributed by atoms with Gasteiger partial charge in [-0.15, -0.1) is 10.2 Å². The lowest BCUT2D eigenvalue weighted by Crippen LogP contribution is -2.19. The number of thioether (sulfide) groups is 1. The Morgan fingerprint density at radius 1 is 1.15 bits per heavy atom. The van der Waals surface area contributed by atoms with Crippen LogP contribution in [0.25, 0.3) is 0 Å². The van der Waals surface area contributed by atoms with Gasteiger partial charge in [-0.3, -0.25) is 4.79 Å². The van der Waals surface area contributed by atoms with E-state index in [1.165, 1.54) is 12.1 Å². The number of hydrazone groups is 1. The molecule has 0 fully saturated rings. The quantitative estimate of drug-likeness (QED) is 0.402. The number of hydrogen-bond donors (Lipinski definition) is 1. The maximum atomic E-state index is 13.0. The Bertz CT molecular complexity index is 951. The van der Waals surface area contributed by atoms with Crippen LogP contribution in [0.4, 0.5) is 4.39 Å². The highest BCUT2D eigenvalue weighted by Gasteiger charge is 2.07. The summed E-state index contributed by atoms with van der Waals surface area (Å²) in [6.45, 7) is 1.75. The molecular formula is C19H18FN5OS. The Morgan fingerprint density at radius 3 is 2.44 bits per heavy atom. The summed E-state index contributed by atoms with van der Waals surface area (Å²) in [5.41, 5.74) is 5.45. The number of carbonyl (C=O) groups excluding carboxylic acids is 1. The van der Waals surface area contributed by atoms with Crippen molar-refractivity contribution in [2.75, 3.05) is 0 Å². The van der Waals surface area contributed by atoms with E-state index in [4.69, 9.17) is 0 Å². The summed E-state index contributed by atoms with van der Waals surface area (Å²) in [4.78, 5) is 12.2. The lowest BCUT2D eigenvalue weighted by molar-refractivity contribution is 0.0955. The van der Waals surface area contributed by atoms with Crippen LogP contribution >= 0.6 is 11.8 Å². The van der Waals surface area contributed by atoms with Crippen molar-refractivity contribution >= 4 is 23.4 Å². The third-order valence-electron chi connectivity index (χ3n) is 3.84. The summed E-state index contributed by atoms with van der Waals surface area (Å²) in [7, 11) is 1.89. The van der Waals surface area contributed by atoms with Crippen molar-refractivity contribution in [1.29, 1.82) is 0 Å². The van der Waals surface area contributed by atoms with Crippen molar-refractivity contribution in [3.05, 3.63) is 77.4 Å². The average Bonchev–Trinajstić information content (AvgIpc) is 3.10. The predicted molar refractivity (Wildman–Crippen MR) is 103 cm³/mol. The molecule has 0 aliphatic heterocycles. The van der Waals surface area contributed by atoms with Crippen LogP contribution in [0.5, 0.6) is 0 Å². The van der Waals surface area contributed by atoms with Gasteiger partial charge in [0.2, 0.25) is 0 Å². The molecule has 138 valence electrons. The van der Waals surface area contributed by atoms with E-state index in [1.807, 2.05) is 23.7 Å². The highest BCUT2D eigenvalue weighted by molar-refractivity contribution is 7.98. The minimum atomic E-state index is -0.312. The zero-order valence-electron chi connectivity index (χ0n) is 14.9. The van der Waals surface area contributed by atoms with Crippen LogP contribution in [0, 0.1) is 5.82 Å². The molecule has 3 rings (SSSR count). The fraction of sp³-hybridized carbons (Fsp3) is 0.158. The Labute approximate surface area is 160 Å². The van der Waals surface area contributed by atoms with Gasteiger partial charge in [-0.05, 0) is 42.3 Å². The molecule has 8 heteroatoms. The molecule has 0 atom stereocenters. The summed E-state index contributed by atoms with van der Waals surface area (Å²) in [6.07, 6.45) is 1.66. The topological polar surface area (TPSA) is 72.2 Å². The predicted octanol–water partition coefficient (Wildman–Crippen LogP) is 3.40. The van der Waals surface area contributed by atoms with E-state index in [1.54, 1.807) is 49.3 Å². The van der Waals surface area contributed by atoms with Crippen molar-refractivity contribution in [3.63, 3.8) is 0 Å². The molecule has 2 aromatic carbocycles. The van der Waals surface area contributed by atoms with Gasteiger partial charge in [-0.1, -0.05) is 36.0 Å². The first-order valence-corrected chi connectivity index (χ1v) is 9.18. The van der Waals surface area contributed by atoms with Gasteiger partial charge in [0.1, 0.15) is 12.1 Å². The fourth-order valence-electron chi connectivity index (χ4n) is 2.26. The smallest absolute Gasteiger partial charge is 0.271 e. The number of hydrogen-bond acceptors (Lipinski definition) is 5. The number of halogens is 1. The lowest BCUT2D eigenvalue weighted by Gasteiger charge is -2.05. The molecular weight excluding hydrogens is 365 g/mol. The minimum absolute atomic E-state index is 0.302. The second-order valence-electron chi connectivity index (χ2n) is 5.86. The summed E-state index contributed by atoms with van der Waals surface area (Å²) >= 11 is 1.57. The molecule has 1 amide bonds. The van der Waals surface area contributed by atoms with Crippen molar-refractivity contribution in [2.45, 2.75) is 17.8 Å². The molecule has 1 N–H and O–H groups in total. The molecule has 0 unspecified atom stereocenters. The first-order valence-electron chi connectivity index (χ1n) is 8.19. The van der Waals surface area contributed by atoms with Crippen molar-refractivity contribution < 1.29 is 9.18 Å². The molecule has 0 radical (unpaired) electrons. The number of nitrogens with one attached hydrogen (secondary N) is 1. The maximum absolute atomic E-state index is 13.0. The first kappa shape index (κ1) is 18.8. The van der Waals surface area contributed by atoms with E-state index in [0.29, 0.717) is 11.3 Å². The minimum Gasteiger partial charge on any atom is -0.312 e. The van der Waals surface area contributed by atoms with Crippen LogP contribution in [0.3, 0.4) is 0 Å². The highest BCUT2D eigenvalue weighted by atomic mass is 32.2. The lowest BCUT2D eigenvalue weighted by atomic mass is 10.1. The summed E-state index contributed by atoms with van der Waals surface area (Å²) < 4.78 is 14.8. The molecule has 0 saturated heterocycles. The second kappa shape index (κ2) is 8.59. The van der Waals surface area contributed by atoms with Gasteiger partial charge < -0.3 is 4.57 Å². The third-order valence-corrected chi connectivity index (χ3v) is 4.95. The van der Waals surface area contributed by atoms with Gasteiger partial charge in [0.05, 0.1) is 5.71 Å². The number of aromatic nitrogens is 3. The van der Waals surface area contributed by atoms with E-state index in [0.717, 1.165) is 22.0 Å². The zero-order chi connectivity index (χ0) is 19.2. The molecule has 0 saturated carbocycles. The van der Waals surface area contributed by atoms with Crippen LogP contribution in [-0.4, -0.2) is 26.4 Å². The van der Waals surface area contributed by atoms with Crippen molar-refractivity contribution in [1.82, 2.24) is 20.2 Å². The van der Waals surface area contributed by atoms with Crippen LogP contribution in [0.15, 0.2) is 65.1 Å². The van der Waals surface area contributed by atoms with E-state index in [-0.39, 0.29) is 11.7 Å². The Kier molecular flexibility index (Phi) is 5.97. The van der Waals surface area contributed by atoms with Gasteiger partial charge in [0.25, 0.3) is 5.91 Å². The van der Waals surface area contributed by atoms with E-state index in [9.17, 15) is 9.18 Å². The molecule has 27 heavy (non-hydrogen) atoms. The molecule has 0 aliphatic rings. The number of benzene rings is 2. The molecule has 1 aromatic heterocycles. The molecule has 6 nitrogen and oxygen atoms in total. The Balaban J connectivity index is 1.57. The SMILES string of the molecule is C/C(=N\NC(=O)c1ccc(CSc2nncn2C)cc1)c1ccc(F)cc1. The van der Waals surface area contributed by atoms with Crippen molar-refractivity contribution in [3.8, 4) is 0 Å². The van der Waals surface area contributed by atoms with Crippen LogP contribution < -0.4 is 5.43 Å². The monoisotopic (exact) mass is 383 g/mol. The average molecular weight is 383 g/mol. The Morgan fingerprint density at radius 2 is 1.81 bits per heavy atom. The van der Waals surface area contributed by atoms with E-state index in [2.05, 4.69) is 20.7 Å². The van der Waals surface area contributed by atoms with Crippen LogP contribution in [0.2, 0.25) is 0 Å². The van der Waals surface area contributed by atoms with Crippen LogP contribution in [-0.2, 0) is 12.8 Å². The molecule has 0 bridgehead atoms. The van der Waals surface area contributed by atoms with Gasteiger partial charge in [0.15, 0.2) is 5.16 Å². The van der Waals surface area contributed by atoms with Gasteiger partial charge in [-0.25, -0.2) is 9.82 Å². The van der Waals surface area contributed by atoms with E-state index < -0.39 is 0 Å². The van der Waals surface area contributed by atoms with Gasteiger partial charge >= 0.3 is 0 Å². The molecule has 0 spiro atoms. The standard InChI is InChI=1S/C19H18FN5OS/c1-13(15-7-9-17(20)10-8-15)22-23-18(26)16-5-3-14(4-6-16)11-27-19-24-21-12-25(19)2/h3-10,12H,11H2,1-2H3,(H,23,26)/b22-13+. The number of rotatable bonds is 6. The van der Waals surface area contributed by atoms with E-state index >= 15 is 0 Å². The summed E-state index contributed by atoms with van der Waals surface area (Å²) in [5, 5.41) is 12.8. The maximum Gasteiger partial charge on any atom is 0.271 e. The number of nitrogens with zero attached hydrogens (tertiary/aromatic N) is 4. The fourth-order valence-corrected chi connectivity index (χ4v) is 3.10. The largest absolute Gasteiger partial charge is 0.312 e. The summed E-state index contributed by atoms with van der Waals surface area (Å²) in [5.74, 6) is 0.118. The molecule has 3 aromatic rings. The number of carbonyl (C=O) groups is 1. The van der Waals surface area contributed by atoms with Crippen molar-refractivity contribution in [2.24, 2.45) is 12.1 Å². The zero-order valence-corrected chi connectivity index (χ0v) is 15.7. The van der Waals surface area contributed by atoms with Crippen LogP contribution in [0.1, 0.15) is 28.4 Å². The second-order valence-corrected chi connectivity index (χ2v) is 6.80. The highest BCUT2D eigenvalue weighted by Crippen LogP contribution is 2.20. The van der Waals surface area contributed by atoms with Gasteiger partial charge in [-0.2, -0.15) is 5.10 Å². The molecule has 1 heterocycles.